The van der Waals surface area contributed by atoms with Gasteiger partial charge in [-0.25, -0.2) is 15.8 Å². The number of piperidine rings is 1. The molecule has 1 aliphatic heterocycles. The summed E-state index contributed by atoms with van der Waals surface area (Å²) in [5.41, 5.74) is 3.12. The van der Waals surface area contributed by atoms with Crippen LogP contribution in [0, 0.1) is 0 Å². The molecule has 1 aliphatic rings. The molecule has 1 saturated heterocycles. The van der Waals surface area contributed by atoms with Crippen LogP contribution in [0.4, 0.5) is 11.6 Å². The Hall–Kier alpha value is -1.40. The Balaban J connectivity index is 2.30. The molecule has 0 aliphatic carbocycles. The summed E-state index contributed by atoms with van der Waals surface area (Å²) in [6.45, 7) is 7.69. The number of aliphatic hydroxyl groups is 1. The fraction of sp³-hybridized carbons (Fsp3) is 0.692. The highest BCUT2D eigenvalue weighted by Crippen LogP contribution is 2.33. The fourth-order valence-corrected chi connectivity index (χ4v) is 2.49. The van der Waals surface area contributed by atoms with Crippen molar-refractivity contribution in [2.45, 2.75) is 45.1 Å². The number of hydrogen-bond acceptors (Lipinski definition) is 6. The van der Waals surface area contributed by atoms with Crippen molar-refractivity contribution >= 4 is 11.6 Å². The van der Waals surface area contributed by atoms with Crippen molar-refractivity contribution in [3.8, 4) is 0 Å². The molecule has 0 aromatic carbocycles. The molecule has 6 nitrogen and oxygen atoms in total. The van der Waals surface area contributed by atoms with Gasteiger partial charge in [-0.2, -0.15) is 0 Å². The summed E-state index contributed by atoms with van der Waals surface area (Å²) in [7, 11) is 0. The predicted molar refractivity (Wildman–Crippen MR) is 76.0 cm³/mol. The van der Waals surface area contributed by atoms with Gasteiger partial charge >= 0.3 is 0 Å². The Bertz CT molecular complexity index is 437. The van der Waals surface area contributed by atoms with Crippen LogP contribution in [0.2, 0.25) is 0 Å². The lowest BCUT2D eigenvalue weighted by Gasteiger charge is -2.37. The number of nitrogens with zero attached hydrogens (tertiary/aromatic N) is 3. The molecule has 0 amide bonds. The summed E-state index contributed by atoms with van der Waals surface area (Å²) < 4.78 is 0. The molecule has 1 fully saturated rings. The van der Waals surface area contributed by atoms with Gasteiger partial charge in [0.1, 0.15) is 18.0 Å². The van der Waals surface area contributed by atoms with Gasteiger partial charge in [0, 0.05) is 18.7 Å². The first-order valence-corrected chi connectivity index (χ1v) is 6.73. The summed E-state index contributed by atoms with van der Waals surface area (Å²) in [6, 6.07) is 0. The molecule has 1 aromatic rings. The van der Waals surface area contributed by atoms with Crippen molar-refractivity contribution in [3.05, 3.63) is 11.9 Å². The smallest absolute Gasteiger partial charge is 0.148 e. The molecule has 0 unspecified atom stereocenters. The average Bonchev–Trinajstić information content (AvgIpc) is 2.37. The van der Waals surface area contributed by atoms with E-state index in [1.54, 1.807) is 0 Å². The molecule has 1 aromatic heterocycles. The fourth-order valence-electron chi connectivity index (χ4n) is 2.49. The van der Waals surface area contributed by atoms with Gasteiger partial charge in [0.2, 0.25) is 0 Å². The summed E-state index contributed by atoms with van der Waals surface area (Å²) >= 11 is 0. The number of hydrazine groups is 1. The van der Waals surface area contributed by atoms with Crippen molar-refractivity contribution in [2.24, 2.45) is 5.84 Å². The van der Waals surface area contributed by atoms with Gasteiger partial charge in [-0.15, -0.1) is 0 Å². The number of aromatic nitrogens is 2. The third-order valence-electron chi connectivity index (χ3n) is 3.72. The zero-order valence-corrected chi connectivity index (χ0v) is 11.8. The minimum atomic E-state index is -0.559. The second-order valence-corrected chi connectivity index (χ2v) is 5.74. The summed E-state index contributed by atoms with van der Waals surface area (Å²) in [5, 5.41) is 10.0. The number of anilines is 2. The maximum Gasteiger partial charge on any atom is 0.148 e. The lowest BCUT2D eigenvalue weighted by atomic mass is 9.93. The van der Waals surface area contributed by atoms with Crippen LogP contribution in [0.5, 0.6) is 0 Å². The summed E-state index contributed by atoms with van der Waals surface area (Å²) in [6.07, 6.45) is 3.03. The highest BCUT2D eigenvalue weighted by Gasteiger charge is 2.29. The lowest BCUT2D eigenvalue weighted by molar-refractivity contribution is 0.0350. The monoisotopic (exact) mass is 265 g/mol. The normalized spacial score (nSPS) is 18.7. The number of nitrogen functional groups attached to an aromatic ring is 1. The molecule has 19 heavy (non-hydrogen) atoms. The van der Waals surface area contributed by atoms with Gasteiger partial charge in [0.05, 0.1) is 5.60 Å². The zero-order chi connectivity index (χ0) is 14.0. The quantitative estimate of drug-likeness (QED) is 0.563. The minimum Gasteiger partial charge on any atom is -0.390 e. The van der Waals surface area contributed by atoms with E-state index in [9.17, 15) is 5.11 Å². The largest absolute Gasteiger partial charge is 0.390 e. The second kappa shape index (κ2) is 5.30. The predicted octanol–water partition coefficient (Wildman–Crippen LogP) is 1.24. The average molecular weight is 265 g/mol. The van der Waals surface area contributed by atoms with Gasteiger partial charge < -0.3 is 15.4 Å². The highest BCUT2D eigenvalue weighted by atomic mass is 16.3. The van der Waals surface area contributed by atoms with Crippen LogP contribution in [0.15, 0.2) is 6.33 Å². The molecule has 0 saturated carbocycles. The lowest BCUT2D eigenvalue weighted by Crippen LogP contribution is -2.43. The number of rotatable bonds is 3. The summed E-state index contributed by atoms with van der Waals surface area (Å²) in [5.74, 6) is 7.42. The van der Waals surface area contributed by atoms with E-state index in [-0.39, 0.29) is 5.92 Å². The van der Waals surface area contributed by atoms with E-state index >= 15 is 0 Å². The van der Waals surface area contributed by atoms with Gasteiger partial charge in [0.25, 0.3) is 0 Å². The SMILES string of the molecule is CC(C)c1c(NN)ncnc1N1CCC(C)(O)CC1. The molecule has 0 spiro atoms. The molecular weight excluding hydrogens is 242 g/mol. The highest BCUT2D eigenvalue weighted by molar-refractivity contribution is 5.60. The van der Waals surface area contributed by atoms with E-state index in [4.69, 9.17) is 5.84 Å². The summed E-state index contributed by atoms with van der Waals surface area (Å²) in [4.78, 5) is 10.8. The Morgan fingerprint density at radius 3 is 2.53 bits per heavy atom. The van der Waals surface area contributed by atoms with Crippen LogP contribution in [0.25, 0.3) is 0 Å². The maximum absolute atomic E-state index is 10.0. The standard InChI is InChI=1S/C13H23N5O/c1-9(2)10-11(17-14)15-8-16-12(10)18-6-4-13(3,19)5-7-18/h8-9,19H,4-7,14H2,1-3H3,(H,15,16,17). The van der Waals surface area contributed by atoms with E-state index < -0.39 is 5.60 Å². The molecule has 4 N–H and O–H groups in total. The molecule has 0 radical (unpaired) electrons. The van der Waals surface area contributed by atoms with E-state index in [2.05, 4.69) is 34.1 Å². The zero-order valence-electron chi connectivity index (χ0n) is 11.8. The second-order valence-electron chi connectivity index (χ2n) is 5.74. The molecule has 6 heteroatoms. The third-order valence-corrected chi connectivity index (χ3v) is 3.72. The van der Waals surface area contributed by atoms with Crippen molar-refractivity contribution in [1.29, 1.82) is 0 Å². The van der Waals surface area contributed by atoms with Crippen LogP contribution in [-0.4, -0.2) is 33.8 Å². The van der Waals surface area contributed by atoms with Crippen molar-refractivity contribution < 1.29 is 5.11 Å². The van der Waals surface area contributed by atoms with Gasteiger partial charge in [-0.3, -0.25) is 0 Å². The van der Waals surface area contributed by atoms with Gasteiger partial charge in [-0.05, 0) is 25.7 Å². The Morgan fingerprint density at radius 1 is 1.37 bits per heavy atom. The Labute approximate surface area is 114 Å². The van der Waals surface area contributed by atoms with Crippen molar-refractivity contribution in [2.75, 3.05) is 23.4 Å². The first kappa shape index (κ1) is 14.0. The molecule has 2 rings (SSSR count). The topological polar surface area (TPSA) is 87.3 Å². The first-order chi connectivity index (χ1) is 8.94. The van der Waals surface area contributed by atoms with Crippen molar-refractivity contribution in [3.63, 3.8) is 0 Å². The van der Waals surface area contributed by atoms with Crippen LogP contribution in [-0.2, 0) is 0 Å². The number of nitrogens with two attached hydrogens (primary N) is 1. The molecule has 0 atom stereocenters. The van der Waals surface area contributed by atoms with Crippen molar-refractivity contribution in [1.82, 2.24) is 9.97 Å². The Kier molecular flexibility index (Phi) is 3.91. The molecular formula is C13H23N5O. The van der Waals surface area contributed by atoms with Crippen LogP contribution in [0.3, 0.4) is 0 Å². The molecule has 106 valence electrons. The molecule has 2 heterocycles. The van der Waals surface area contributed by atoms with E-state index in [0.717, 1.165) is 37.3 Å². The van der Waals surface area contributed by atoms with Gasteiger partial charge in [-0.1, -0.05) is 13.8 Å². The van der Waals surface area contributed by atoms with Crippen LogP contribution < -0.4 is 16.2 Å². The minimum absolute atomic E-state index is 0.282. The van der Waals surface area contributed by atoms with E-state index in [0.29, 0.717) is 5.82 Å². The third kappa shape index (κ3) is 2.96. The number of nitrogens with one attached hydrogen (secondary N) is 1. The van der Waals surface area contributed by atoms with E-state index in [1.165, 1.54) is 6.33 Å². The van der Waals surface area contributed by atoms with E-state index in [1.807, 2.05) is 6.92 Å². The van der Waals surface area contributed by atoms with Crippen LogP contribution >= 0.6 is 0 Å². The maximum atomic E-state index is 10.0. The van der Waals surface area contributed by atoms with Crippen LogP contribution in [0.1, 0.15) is 45.1 Å². The first-order valence-electron chi connectivity index (χ1n) is 6.73. The Morgan fingerprint density at radius 2 is 2.00 bits per heavy atom. The molecule has 0 bridgehead atoms. The number of hydrogen-bond donors (Lipinski definition) is 3. The van der Waals surface area contributed by atoms with Gasteiger partial charge in [0.15, 0.2) is 0 Å².